The Morgan fingerprint density at radius 1 is 0.963 bits per heavy atom. The van der Waals surface area contributed by atoms with Gasteiger partial charge in [0, 0.05) is 44.3 Å². The maximum absolute atomic E-state index is 12.6. The molecule has 0 bridgehead atoms. The maximum atomic E-state index is 12.6. The highest BCUT2D eigenvalue weighted by molar-refractivity contribution is 5.79. The molecule has 27 heavy (non-hydrogen) atoms. The van der Waals surface area contributed by atoms with Gasteiger partial charge < -0.3 is 4.90 Å². The van der Waals surface area contributed by atoms with Crippen LogP contribution in [0.3, 0.4) is 0 Å². The molecule has 0 unspecified atom stereocenters. The molecule has 1 aliphatic rings. The number of para-hydroxylation sites is 1. The van der Waals surface area contributed by atoms with Crippen LogP contribution >= 0.6 is 0 Å². The molecule has 4 heteroatoms. The lowest BCUT2D eigenvalue weighted by Crippen LogP contribution is -2.48. The Morgan fingerprint density at radius 3 is 2.59 bits per heavy atom. The van der Waals surface area contributed by atoms with Crippen molar-refractivity contribution in [3.63, 3.8) is 0 Å². The van der Waals surface area contributed by atoms with Crippen LogP contribution in [0, 0.1) is 6.92 Å². The third-order valence-electron chi connectivity index (χ3n) is 5.22. The van der Waals surface area contributed by atoms with Gasteiger partial charge in [-0.3, -0.25) is 14.7 Å². The Labute approximate surface area is 160 Å². The minimum absolute atomic E-state index is 0.229. The number of pyridine rings is 1. The van der Waals surface area contributed by atoms with E-state index in [0.717, 1.165) is 43.8 Å². The molecular formula is C23H25N3O. The van der Waals surface area contributed by atoms with E-state index >= 15 is 0 Å². The fraction of sp³-hybridized carbons (Fsp3) is 0.304. The summed E-state index contributed by atoms with van der Waals surface area (Å²) in [6, 6.07) is 18.6. The van der Waals surface area contributed by atoms with Crippen LogP contribution in [0.25, 0.3) is 10.9 Å². The minimum Gasteiger partial charge on any atom is -0.340 e. The van der Waals surface area contributed by atoms with E-state index in [4.69, 9.17) is 0 Å². The van der Waals surface area contributed by atoms with Crippen LogP contribution in [0.5, 0.6) is 0 Å². The van der Waals surface area contributed by atoms with Crippen LogP contribution in [-0.4, -0.2) is 46.9 Å². The molecule has 3 aromatic rings. The first-order valence-electron chi connectivity index (χ1n) is 9.57. The largest absolute Gasteiger partial charge is 0.340 e. The highest BCUT2D eigenvalue weighted by Gasteiger charge is 2.21. The fourth-order valence-electron chi connectivity index (χ4n) is 3.73. The molecule has 0 saturated carbocycles. The number of aryl methyl sites for hydroxylation is 1. The van der Waals surface area contributed by atoms with Gasteiger partial charge in [0.25, 0.3) is 0 Å². The van der Waals surface area contributed by atoms with Crippen LogP contribution in [0.1, 0.15) is 16.7 Å². The third kappa shape index (κ3) is 4.34. The third-order valence-corrected chi connectivity index (χ3v) is 5.22. The second kappa shape index (κ2) is 7.89. The number of aromatic nitrogens is 1. The van der Waals surface area contributed by atoms with Crippen molar-refractivity contribution in [2.24, 2.45) is 0 Å². The molecule has 0 aliphatic carbocycles. The van der Waals surface area contributed by atoms with E-state index in [1.54, 1.807) is 0 Å². The van der Waals surface area contributed by atoms with Gasteiger partial charge in [-0.2, -0.15) is 0 Å². The first kappa shape index (κ1) is 17.7. The van der Waals surface area contributed by atoms with E-state index < -0.39 is 0 Å². The van der Waals surface area contributed by atoms with Gasteiger partial charge >= 0.3 is 0 Å². The number of fused-ring (bicyclic) bond motifs is 1. The number of carbonyl (C=O) groups excluding carboxylic acids is 1. The van der Waals surface area contributed by atoms with E-state index in [1.807, 2.05) is 41.4 Å². The monoisotopic (exact) mass is 359 g/mol. The molecule has 1 fully saturated rings. The number of hydrogen-bond acceptors (Lipinski definition) is 3. The summed E-state index contributed by atoms with van der Waals surface area (Å²) in [4.78, 5) is 21.5. The second-order valence-corrected chi connectivity index (χ2v) is 7.36. The lowest BCUT2D eigenvalue weighted by molar-refractivity contribution is -0.132. The second-order valence-electron chi connectivity index (χ2n) is 7.36. The standard InChI is InChI=1S/C23H25N3O/c1-18-5-4-6-19(13-18)15-23(27)26-11-9-25(10-12-26)17-20-14-21-7-2-3-8-22(21)24-16-20/h2-8,13-14,16H,9-12,15,17H2,1H3. The average Bonchev–Trinajstić information content (AvgIpc) is 2.68. The molecule has 1 saturated heterocycles. The number of rotatable bonds is 4. The lowest BCUT2D eigenvalue weighted by atomic mass is 10.1. The van der Waals surface area contributed by atoms with Crippen molar-refractivity contribution in [3.8, 4) is 0 Å². The van der Waals surface area contributed by atoms with Crippen molar-refractivity contribution in [3.05, 3.63) is 77.5 Å². The average molecular weight is 359 g/mol. The van der Waals surface area contributed by atoms with Gasteiger partial charge in [0.05, 0.1) is 11.9 Å². The summed E-state index contributed by atoms with van der Waals surface area (Å²) in [5, 5.41) is 1.18. The Balaban J connectivity index is 1.32. The van der Waals surface area contributed by atoms with E-state index in [0.29, 0.717) is 6.42 Å². The van der Waals surface area contributed by atoms with Gasteiger partial charge in [0.15, 0.2) is 0 Å². The zero-order valence-electron chi connectivity index (χ0n) is 15.8. The van der Waals surface area contributed by atoms with Crippen molar-refractivity contribution in [1.29, 1.82) is 0 Å². The molecule has 4 nitrogen and oxygen atoms in total. The number of carbonyl (C=O) groups is 1. The first-order valence-corrected chi connectivity index (χ1v) is 9.57. The molecule has 0 spiro atoms. The Bertz CT molecular complexity index is 945. The number of benzene rings is 2. The minimum atomic E-state index is 0.229. The van der Waals surface area contributed by atoms with E-state index in [9.17, 15) is 4.79 Å². The van der Waals surface area contributed by atoms with Gasteiger partial charge in [-0.15, -0.1) is 0 Å². The van der Waals surface area contributed by atoms with Gasteiger partial charge in [0.1, 0.15) is 0 Å². The zero-order valence-corrected chi connectivity index (χ0v) is 15.8. The van der Waals surface area contributed by atoms with E-state index in [2.05, 4.69) is 41.1 Å². The summed E-state index contributed by atoms with van der Waals surface area (Å²) < 4.78 is 0. The molecule has 1 aliphatic heterocycles. The smallest absolute Gasteiger partial charge is 0.227 e. The predicted molar refractivity (Wildman–Crippen MR) is 108 cm³/mol. The van der Waals surface area contributed by atoms with E-state index in [-0.39, 0.29) is 5.91 Å². The molecule has 0 radical (unpaired) electrons. The highest BCUT2D eigenvalue weighted by atomic mass is 16.2. The van der Waals surface area contributed by atoms with Crippen LogP contribution < -0.4 is 0 Å². The maximum Gasteiger partial charge on any atom is 0.227 e. The summed E-state index contributed by atoms with van der Waals surface area (Å²) in [6.07, 6.45) is 2.47. The summed E-state index contributed by atoms with van der Waals surface area (Å²) in [5.74, 6) is 0.229. The number of nitrogens with zero attached hydrogens (tertiary/aromatic N) is 3. The van der Waals surface area contributed by atoms with Crippen molar-refractivity contribution < 1.29 is 4.79 Å². The van der Waals surface area contributed by atoms with Crippen molar-refractivity contribution >= 4 is 16.8 Å². The van der Waals surface area contributed by atoms with Gasteiger partial charge in [-0.05, 0) is 30.2 Å². The van der Waals surface area contributed by atoms with Crippen molar-refractivity contribution in [1.82, 2.24) is 14.8 Å². The predicted octanol–water partition coefficient (Wildman–Crippen LogP) is 3.43. The van der Waals surface area contributed by atoms with Gasteiger partial charge in [-0.1, -0.05) is 48.0 Å². The van der Waals surface area contributed by atoms with Crippen LogP contribution in [0.2, 0.25) is 0 Å². The molecule has 1 aromatic heterocycles. The summed E-state index contributed by atoms with van der Waals surface area (Å²) in [7, 11) is 0. The molecule has 2 aromatic carbocycles. The number of piperazine rings is 1. The topological polar surface area (TPSA) is 36.4 Å². The summed E-state index contributed by atoms with van der Waals surface area (Å²) in [5.41, 5.74) is 4.57. The Morgan fingerprint density at radius 2 is 1.78 bits per heavy atom. The molecule has 0 atom stereocenters. The van der Waals surface area contributed by atoms with Gasteiger partial charge in [0.2, 0.25) is 5.91 Å². The molecule has 4 rings (SSSR count). The number of hydrogen-bond donors (Lipinski definition) is 0. The normalized spacial score (nSPS) is 15.2. The van der Waals surface area contributed by atoms with Crippen molar-refractivity contribution in [2.75, 3.05) is 26.2 Å². The molecule has 1 amide bonds. The Hall–Kier alpha value is -2.72. The van der Waals surface area contributed by atoms with E-state index in [1.165, 1.54) is 16.5 Å². The SMILES string of the molecule is Cc1cccc(CC(=O)N2CCN(Cc3cnc4ccccc4c3)CC2)c1. The van der Waals surface area contributed by atoms with Crippen LogP contribution in [0.4, 0.5) is 0 Å². The van der Waals surface area contributed by atoms with Crippen LogP contribution in [-0.2, 0) is 17.8 Å². The number of amides is 1. The summed E-state index contributed by atoms with van der Waals surface area (Å²) in [6.45, 7) is 6.36. The fourth-order valence-corrected chi connectivity index (χ4v) is 3.73. The molecular weight excluding hydrogens is 334 g/mol. The highest BCUT2D eigenvalue weighted by Crippen LogP contribution is 2.15. The van der Waals surface area contributed by atoms with Crippen molar-refractivity contribution in [2.45, 2.75) is 19.9 Å². The first-order chi connectivity index (χ1) is 13.2. The van der Waals surface area contributed by atoms with Gasteiger partial charge in [-0.25, -0.2) is 0 Å². The molecule has 138 valence electrons. The Kier molecular flexibility index (Phi) is 5.16. The lowest BCUT2D eigenvalue weighted by Gasteiger charge is -2.34. The molecule has 0 N–H and O–H groups in total. The van der Waals surface area contributed by atoms with Crippen LogP contribution in [0.15, 0.2) is 60.8 Å². The zero-order chi connectivity index (χ0) is 18.6. The molecule has 2 heterocycles. The quantitative estimate of drug-likeness (QED) is 0.716. The summed E-state index contributed by atoms with van der Waals surface area (Å²) >= 11 is 0.